The Labute approximate surface area is 116 Å². The van der Waals surface area contributed by atoms with E-state index < -0.39 is 15.4 Å². The van der Waals surface area contributed by atoms with E-state index in [0.29, 0.717) is 13.1 Å². The molecule has 2 aliphatic rings. The van der Waals surface area contributed by atoms with Crippen molar-refractivity contribution >= 4 is 10.1 Å². The molecule has 2 heterocycles. The molecule has 5 nitrogen and oxygen atoms in total. The largest absolute Gasteiger partial charge is 0.302 e. The summed E-state index contributed by atoms with van der Waals surface area (Å²) in [5.41, 5.74) is 0. The van der Waals surface area contributed by atoms with Gasteiger partial charge in [-0.15, -0.1) is 0 Å². The lowest BCUT2D eigenvalue weighted by Crippen LogP contribution is -2.46. The molecule has 0 aliphatic carbocycles. The van der Waals surface area contributed by atoms with Crippen LogP contribution >= 0.6 is 0 Å². The van der Waals surface area contributed by atoms with E-state index in [0.717, 1.165) is 51.9 Å². The molecule has 112 valence electrons. The molecular weight excluding hydrogens is 264 g/mol. The molecule has 0 bridgehead atoms. The summed E-state index contributed by atoms with van der Waals surface area (Å²) in [4.78, 5) is 4.37. The molecule has 0 saturated carbocycles. The number of nitrogens with zero attached hydrogens (tertiary/aromatic N) is 2. The predicted octanol–water partition coefficient (Wildman–Crippen LogP) is 1.21. The van der Waals surface area contributed by atoms with E-state index in [1.807, 2.05) is 0 Å². The molecule has 2 aliphatic heterocycles. The van der Waals surface area contributed by atoms with Crippen LogP contribution in [0.3, 0.4) is 0 Å². The molecule has 0 radical (unpaired) electrons. The lowest BCUT2D eigenvalue weighted by molar-refractivity contribution is 0.186. The summed E-state index contributed by atoms with van der Waals surface area (Å²) in [6, 6.07) is 0. The normalized spacial score (nSPS) is 23.9. The summed E-state index contributed by atoms with van der Waals surface area (Å²) in [6.45, 7) is 4.82. The van der Waals surface area contributed by atoms with Crippen LogP contribution < -0.4 is 0 Å². The van der Waals surface area contributed by atoms with Crippen LogP contribution in [0.5, 0.6) is 0 Å². The summed E-state index contributed by atoms with van der Waals surface area (Å²) < 4.78 is 32.6. The standard InChI is InChI=1S/C13H26N2O3S/c16-19(17,18)13(11-14-7-3-1-4-8-14)12-15-9-5-2-6-10-15/h13H,1-12H2,(H,16,17,18). The van der Waals surface area contributed by atoms with Gasteiger partial charge in [0.05, 0.1) is 0 Å². The molecule has 2 rings (SSSR count). The first kappa shape index (κ1) is 15.2. The van der Waals surface area contributed by atoms with Crippen molar-refractivity contribution in [3.05, 3.63) is 0 Å². The van der Waals surface area contributed by atoms with Crippen molar-refractivity contribution in [3.8, 4) is 0 Å². The Balaban J connectivity index is 1.91. The first-order valence-corrected chi connectivity index (χ1v) is 8.97. The lowest BCUT2D eigenvalue weighted by atomic mass is 10.1. The highest BCUT2D eigenvalue weighted by Gasteiger charge is 2.29. The number of rotatable bonds is 5. The van der Waals surface area contributed by atoms with E-state index in [2.05, 4.69) is 9.80 Å². The molecule has 0 aromatic carbocycles. The van der Waals surface area contributed by atoms with Gasteiger partial charge in [-0.3, -0.25) is 4.55 Å². The second kappa shape index (κ2) is 7.02. The van der Waals surface area contributed by atoms with E-state index in [1.165, 1.54) is 12.8 Å². The van der Waals surface area contributed by atoms with E-state index >= 15 is 0 Å². The van der Waals surface area contributed by atoms with Gasteiger partial charge in [0.25, 0.3) is 10.1 Å². The molecule has 0 aromatic rings. The van der Waals surface area contributed by atoms with Crippen molar-refractivity contribution < 1.29 is 13.0 Å². The first-order chi connectivity index (χ1) is 9.05. The monoisotopic (exact) mass is 290 g/mol. The van der Waals surface area contributed by atoms with Gasteiger partial charge < -0.3 is 9.80 Å². The zero-order chi connectivity index (χ0) is 13.7. The van der Waals surface area contributed by atoms with Gasteiger partial charge in [-0.1, -0.05) is 12.8 Å². The maximum absolute atomic E-state index is 11.6. The molecule has 0 unspecified atom stereocenters. The second-order valence-corrected chi connectivity index (χ2v) is 7.56. The number of hydrogen-bond donors (Lipinski definition) is 1. The van der Waals surface area contributed by atoms with Crippen molar-refractivity contribution in [2.24, 2.45) is 0 Å². The molecule has 2 fully saturated rings. The Morgan fingerprint density at radius 3 is 1.47 bits per heavy atom. The highest BCUT2D eigenvalue weighted by atomic mass is 32.2. The van der Waals surface area contributed by atoms with Crippen molar-refractivity contribution in [1.29, 1.82) is 0 Å². The van der Waals surface area contributed by atoms with Crippen molar-refractivity contribution in [2.45, 2.75) is 43.8 Å². The smallest absolute Gasteiger partial charge is 0.270 e. The van der Waals surface area contributed by atoms with Gasteiger partial charge in [0.1, 0.15) is 5.25 Å². The fourth-order valence-corrected chi connectivity index (χ4v) is 3.90. The van der Waals surface area contributed by atoms with Crippen LogP contribution in [0, 0.1) is 0 Å². The van der Waals surface area contributed by atoms with Crippen molar-refractivity contribution in [1.82, 2.24) is 9.80 Å². The SMILES string of the molecule is O=S(=O)(O)C(CN1CCCCC1)CN1CCCCC1. The summed E-state index contributed by atoms with van der Waals surface area (Å²) in [7, 11) is -3.95. The molecule has 19 heavy (non-hydrogen) atoms. The third kappa shape index (κ3) is 5.02. The predicted molar refractivity (Wildman–Crippen MR) is 75.9 cm³/mol. The molecule has 2 saturated heterocycles. The van der Waals surface area contributed by atoms with Gasteiger partial charge >= 0.3 is 0 Å². The van der Waals surface area contributed by atoms with E-state index in [1.54, 1.807) is 0 Å². The molecule has 0 atom stereocenters. The van der Waals surface area contributed by atoms with Crippen LogP contribution in [0.15, 0.2) is 0 Å². The highest BCUT2D eigenvalue weighted by molar-refractivity contribution is 7.86. The van der Waals surface area contributed by atoms with Gasteiger partial charge in [0.15, 0.2) is 0 Å². The third-order valence-electron chi connectivity index (χ3n) is 4.24. The van der Waals surface area contributed by atoms with Crippen LogP contribution in [0.1, 0.15) is 38.5 Å². The topological polar surface area (TPSA) is 60.9 Å². The number of likely N-dealkylation sites (tertiary alicyclic amines) is 2. The number of hydrogen-bond acceptors (Lipinski definition) is 4. The summed E-state index contributed by atoms with van der Waals surface area (Å²) in [6.07, 6.45) is 7.03. The zero-order valence-corrected chi connectivity index (χ0v) is 12.4. The summed E-state index contributed by atoms with van der Waals surface area (Å²) >= 11 is 0. The fraction of sp³-hybridized carbons (Fsp3) is 1.00. The van der Waals surface area contributed by atoms with Crippen molar-refractivity contribution in [3.63, 3.8) is 0 Å². The highest BCUT2D eigenvalue weighted by Crippen LogP contribution is 2.15. The Morgan fingerprint density at radius 1 is 0.789 bits per heavy atom. The molecular formula is C13H26N2O3S. The first-order valence-electron chi connectivity index (χ1n) is 7.47. The molecule has 0 spiro atoms. The lowest BCUT2D eigenvalue weighted by Gasteiger charge is -2.33. The minimum atomic E-state index is -3.95. The zero-order valence-electron chi connectivity index (χ0n) is 11.6. The van der Waals surface area contributed by atoms with Crippen LogP contribution in [0.2, 0.25) is 0 Å². The van der Waals surface area contributed by atoms with Gasteiger partial charge in [-0.25, -0.2) is 0 Å². The van der Waals surface area contributed by atoms with E-state index in [9.17, 15) is 13.0 Å². The Hall–Kier alpha value is -0.170. The molecule has 0 amide bonds. The summed E-state index contributed by atoms with van der Waals surface area (Å²) in [5.74, 6) is 0. The molecule has 0 aromatic heterocycles. The maximum atomic E-state index is 11.6. The van der Waals surface area contributed by atoms with Crippen LogP contribution in [0.25, 0.3) is 0 Å². The Bertz CT molecular complexity index is 340. The number of piperidine rings is 2. The third-order valence-corrected chi connectivity index (χ3v) is 5.38. The van der Waals surface area contributed by atoms with Crippen LogP contribution in [-0.4, -0.2) is 67.3 Å². The van der Waals surface area contributed by atoms with E-state index in [-0.39, 0.29) is 0 Å². The Kier molecular flexibility index (Phi) is 5.62. The molecule has 1 N–H and O–H groups in total. The van der Waals surface area contributed by atoms with Gasteiger partial charge in [0, 0.05) is 13.1 Å². The average molecular weight is 290 g/mol. The quantitative estimate of drug-likeness (QED) is 0.771. The van der Waals surface area contributed by atoms with Crippen molar-refractivity contribution in [2.75, 3.05) is 39.3 Å². The van der Waals surface area contributed by atoms with E-state index in [4.69, 9.17) is 0 Å². The van der Waals surface area contributed by atoms with Crippen LogP contribution in [0.4, 0.5) is 0 Å². The second-order valence-electron chi connectivity index (χ2n) is 5.86. The van der Waals surface area contributed by atoms with Gasteiger partial charge in [0.2, 0.25) is 0 Å². The minimum Gasteiger partial charge on any atom is -0.302 e. The minimum absolute atomic E-state index is 0.481. The van der Waals surface area contributed by atoms with Crippen LogP contribution in [-0.2, 0) is 10.1 Å². The Morgan fingerprint density at radius 2 is 1.16 bits per heavy atom. The maximum Gasteiger partial charge on any atom is 0.270 e. The van der Waals surface area contributed by atoms with Gasteiger partial charge in [-0.2, -0.15) is 8.42 Å². The fourth-order valence-electron chi connectivity index (χ4n) is 3.11. The van der Waals surface area contributed by atoms with Gasteiger partial charge in [-0.05, 0) is 51.9 Å². The average Bonchev–Trinajstić information content (AvgIpc) is 2.39. The molecule has 6 heteroatoms. The summed E-state index contributed by atoms with van der Waals surface area (Å²) in [5, 5.41) is -0.649.